The lowest BCUT2D eigenvalue weighted by Crippen LogP contribution is -2.18. The molecule has 1 aliphatic carbocycles. The second-order valence-corrected chi connectivity index (χ2v) is 5.95. The topological polar surface area (TPSA) is 26.3 Å². The minimum atomic E-state index is -0.503. The maximum absolute atomic E-state index is 14.0. The summed E-state index contributed by atoms with van der Waals surface area (Å²) in [6.45, 7) is 0. The maximum atomic E-state index is 14.0. The van der Waals surface area contributed by atoms with Crippen LogP contribution in [0.2, 0.25) is 0 Å². The summed E-state index contributed by atoms with van der Waals surface area (Å²) in [6, 6.07) is 6.43. The molecule has 104 valence electrons. The van der Waals surface area contributed by atoms with E-state index in [2.05, 4.69) is 0 Å². The van der Waals surface area contributed by atoms with Gasteiger partial charge in [0.25, 0.3) is 0 Å². The molecule has 0 N–H and O–H groups in total. The summed E-state index contributed by atoms with van der Waals surface area (Å²) in [7, 11) is 1.48. The van der Waals surface area contributed by atoms with Crippen molar-refractivity contribution in [1.82, 2.24) is 0 Å². The van der Waals surface area contributed by atoms with Gasteiger partial charge in [0.05, 0.1) is 12.7 Å². The fourth-order valence-corrected chi connectivity index (χ4v) is 3.76. The Morgan fingerprint density at radius 1 is 1.40 bits per heavy atom. The van der Waals surface area contributed by atoms with Gasteiger partial charge in [0, 0.05) is 16.9 Å². The van der Waals surface area contributed by atoms with Crippen molar-refractivity contribution in [3.05, 3.63) is 51.5 Å². The van der Waals surface area contributed by atoms with Crippen molar-refractivity contribution in [3.8, 4) is 5.75 Å². The first-order valence-electron chi connectivity index (χ1n) is 6.64. The van der Waals surface area contributed by atoms with Crippen LogP contribution in [0.25, 0.3) is 0 Å². The number of ether oxygens (including phenoxy) is 1. The summed E-state index contributed by atoms with van der Waals surface area (Å²) in [4.78, 5) is 13.9. The molecule has 0 radical (unpaired) electrons. The fourth-order valence-electron chi connectivity index (χ4n) is 2.77. The predicted molar refractivity (Wildman–Crippen MR) is 77.3 cm³/mol. The highest BCUT2D eigenvalue weighted by Crippen LogP contribution is 2.37. The number of carbonyl (C=O) groups is 1. The zero-order valence-electron chi connectivity index (χ0n) is 11.2. The fraction of sp³-hybridized carbons (Fsp3) is 0.312. The number of fused-ring (bicyclic) bond motifs is 1. The second-order valence-electron chi connectivity index (χ2n) is 4.95. The van der Waals surface area contributed by atoms with Crippen molar-refractivity contribution in [2.75, 3.05) is 7.11 Å². The molecule has 2 aromatic rings. The third-order valence-corrected chi connectivity index (χ3v) is 4.81. The number of carbonyl (C=O) groups excluding carboxylic acids is 1. The van der Waals surface area contributed by atoms with Gasteiger partial charge in [0.1, 0.15) is 11.6 Å². The Hall–Kier alpha value is -1.68. The van der Waals surface area contributed by atoms with Gasteiger partial charge in [0.15, 0.2) is 5.78 Å². The van der Waals surface area contributed by atoms with E-state index in [9.17, 15) is 9.18 Å². The van der Waals surface area contributed by atoms with Crippen LogP contribution >= 0.6 is 11.3 Å². The van der Waals surface area contributed by atoms with Crippen molar-refractivity contribution in [3.63, 3.8) is 0 Å². The van der Waals surface area contributed by atoms with Gasteiger partial charge in [-0.2, -0.15) is 0 Å². The number of aryl methyl sites for hydroxylation is 1. The Balaban J connectivity index is 1.95. The van der Waals surface area contributed by atoms with Crippen LogP contribution in [0.1, 0.15) is 39.6 Å². The van der Waals surface area contributed by atoms with Gasteiger partial charge in [-0.3, -0.25) is 4.79 Å². The van der Waals surface area contributed by atoms with Crippen molar-refractivity contribution >= 4 is 17.1 Å². The molecular formula is C16H15FO2S. The van der Waals surface area contributed by atoms with E-state index in [1.54, 1.807) is 17.4 Å². The predicted octanol–water partition coefficient (Wildman–Crippen LogP) is 4.20. The number of halogens is 1. The van der Waals surface area contributed by atoms with E-state index < -0.39 is 5.82 Å². The highest BCUT2D eigenvalue weighted by molar-refractivity contribution is 7.10. The Kier molecular flexibility index (Phi) is 3.57. The molecule has 0 spiro atoms. The van der Waals surface area contributed by atoms with E-state index in [0.29, 0.717) is 5.75 Å². The first kappa shape index (κ1) is 13.3. The minimum Gasteiger partial charge on any atom is -0.497 e. The first-order chi connectivity index (χ1) is 9.70. The van der Waals surface area contributed by atoms with Crippen LogP contribution in [0, 0.1) is 5.82 Å². The van der Waals surface area contributed by atoms with E-state index >= 15 is 0 Å². The molecule has 1 atom stereocenters. The molecule has 1 aliphatic rings. The number of ketones is 1. The highest BCUT2D eigenvalue weighted by atomic mass is 32.1. The van der Waals surface area contributed by atoms with E-state index in [1.807, 2.05) is 11.4 Å². The summed E-state index contributed by atoms with van der Waals surface area (Å²) in [6.07, 6.45) is 2.82. The van der Waals surface area contributed by atoms with Crippen molar-refractivity contribution in [1.29, 1.82) is 0 Å². The van der Waals surface area contributed by atoms with Gasteiger partial charge < -0.3 is 4.74 Å². The highest BCUT2D eigenvalue weighted by Gasteiger charge is 2.29. The number of hydrogen-bond donors (Lipinski definition) is 0. The average Bonchev–Trinajstić information content (AvgIpc) is 2.94. The molecule has 20 heavy (non-hydrogen) atoms. The summed E-state index contributed by atoms with van der Waals surface area (Å²) >= 11 is 1.69. The molecule has 4 heteroatoms. The summed E-state index contributed by atoms with van der Waals surface area (Å²) in [5.41, 5.74) is 1.25. The number of thiophene rings is 1. The quantitative estimate of drug-likeness (QED) is 0.792. The van der Waals surface area contributed by atoms with Gasteiger partial charge in [-0.1, -0.05) is 0 Å². The third kappa shape index (κ3) is 2.24. The molecule has 0 saturated heterocycles. The van der Waals surface area contributed by atoms with Crippen LogP contribution < -0.4 is 4.74 Å². The molecule has 3 rings (SSSR count). The SMILES string of the molecule is COc1ccc(C(=O)C2CCCc3sccc32)c(F)c1. The molecule has 1 unspecified atom stereocenters. The minimum absolute atomic E-state index is 0.121. The number of hydrogen-bond acceptors (Lipinski definition) is 3. The third-order valence-electron chi connectivity index (χ3n) is 3.81. The molecule has 1 heterocycles. The van der Waals surface area contributed by atoms with Crippen LogP contribution in [0.15, 0.2) is 29.6 Å². The van der Waals surface area contributed by atoms with Crippen LogP contribution in [0.4, 0.5) is 4.39 Å². The lowest BCUT2D eigenvalue weighted by Gasteiger charge is -2.21. The number of rotatable bonds is 3. The van der Waals surface area contributed by atoms with E-state index in [1.165, 1.54) is 24.1 Å². The summed E-state index contributed by atoms with van der Waals surface area (Å²) < 4.78 is 19.0. The molecular weight excluding hydrogens is 275 g/mol. The van der Waals surface area contributed by atoms with E-state index in [-0.39, 0.29) is 17.3 Å². The van der Waals surface area contributed by atoms with Crippen LogP contribution in [0.3, 0.4) is 0 Å². The van der Waals surface area contributed by atoms with Crippen LogP contribution in [0.5, 0.6) is 5.75 Å². The molecule has 0 aliphatic heterocycles. The van der Waals surface area contributed by atoms with Crippen molar-refractivity contribution in [2.45, 2.75) is 25.2 Å². The normalized spacial score (nSPS) is 17.6. The molecule has 0 saturated carbocycles. The molecule has 0 amide bonds. The van der Waals surface area contributed by atoms with Gasteiger partial charge in [-0.05, 0) is 48.4 Å². The molecule has 0 bridgehead atoms. The molecule has 1 aromatic carbocycles. The largest absolute Gasteiger partial charge is 0.497 e. The van der Waals surface area contributed by atoms with E-state index in [4.69, 9.17) is 4.74 Å². The zero-order valence-corrected chi connectivity index (χ0v) is 12.0. The number of methoxy groups -OCH3 is 1. The van der Waals surface area contributed by atoms with Gasteiger partial charge in [-0.25, -0.2) is 4.39 Å². The molecule has 0 fully saturated rings. The van der Waals surface area contributed by atoms with Crippen molar-refractivity contribution < 1.29 is 13.9 Å². The summed E-state index contributed by atoms with van der Waals surface area (Å²) in [5, 5.41) is 2.01. The Bertz CT molecular complexity index is 648. The van der Waals surface area contributed by atoms with Gasteiger partial charge >= 0.3 is 0 Å². The van der Waals surface area contributed by atoms with E-state index in [0.717, 1.165) is 24.8 Å². The van der Waals surface area contributed by atoms with Gasteiger partial charge in [-0.15, -0.1) is 11.3 Å². The smallest absolute Gasteiger partial charge is 0.173 e. The first-order valence-corrected chi connectivity index (χ1v) is 7.52. The lowest BCUT2D eigenvalue weighted by molar-refractivity contribution is 0.0947. The zero-order chi connectivity index (χ0) is 14.1. The van der Waals surface area contributed by atoms with Crippen molar-refractivity contribution in [2.24, 2.45) is 0 Å². The van der Waals surface area contributed by atoms with Crippen LogP contribution in [-0.4, -0.2) is 12.9 Å². The summed E-state index contributed by atoms with van der Waals surface area (Å²) in [5.74, 6) is -0.395. The number of Topliss-reactive ketones (excluding diaryl/α,β-unsaturated/α-hetero) is 1. The lowest BCUT2D eigenvalue weighted by atomic mass is 9.82. The number of benzene rings is 1. The average molecular weight is 290 g/mol. The Morgan fingerprint density at radius 3 is 3.00 bits per heavy atom. The second kappa shape index (κ2) is 5.37. The molecule has 2 nitrogen and oxygen atoms in total. The monoisotopic (exact) mass is 290 g/mol. The van der Waals surface area contributed by atoms with Gasteiger partial charge in [0.2, 0.25) is 0 Å². The Morgan fingerprint density at radius 2 is 2.25 bits per heavy atom. The van der Waals surface area contributed by atoms with Crippen LogP contribution in [-0.2, 0) is 6.42 Å². The standard InChI is InChI=1S/C16H15FO2S/c1-19-10-5-6-13(14(17)9-10)16(18)12-3-2-4-15-11(12)7-8-20-15/h5-9,12H,2-4H2,1H3. The maximum Gasteiger partial charge on any atom is 0.173 e. The molecule has 1 aromatic heterocycles. The Labute approximate surface area is 121 Å².